The van der Waals surface area contributed by atoms with E-state index in [4.69, 9.17) is 0 Å². The number of nitrogens with one attached hydrogen (secondary N) is 1. The van der Waals surface area contributed by atoms with Crippen LogP contribution in [0.1, 0.15) is 11.1 Å². The first kappa shape index (κ1) is 14.1. The van der Waals surface area contributed by atoms with Crippen LogP contribution in [0, 0.1) is 0 Å². The van der Waals surface area contributed by atoms with Crippen LogP contribution >= 0.6 is 11.3 Å². The van der Waals surface area contributed by atoms with Gasteiger partial charge in [-0.2, -0.15) is 0 Å². The van der Waals surface area contributed by atoms with E-state index >= 15 is 0 Å². The smallest absolute Gasteiger partial charge is 0.0361 e. The summed E-state index contributed by atoms with van der Waals surface area (Å²) in [6, 6.07) is 17.3. The summed E-state index contributed by atoms with van der Waals surface area (Å²) in [4.78, 5) is 2.12. The highest BCUT2D eigenvalue weighted by Crippen LogP contribution is 2.25. The van der Waals surface area contributed by atoms with Gasteiger partial charge in [0, 0.05) is 37.6 Å². The van der Waals surface area contributed by atoms with Gasteiger partial charge in [-0.25, -0.2) is 0 Å². The molecule has 0 atom stereocenters. The summed E-state index contributed by atoms with van der Waals surface area (Å²) >= 11 is 1.82. The Kier molecular flexibility index (Phi) is 4.23. The fourth-order valence-corrected chi connectivity index (χ4v) is 3.39. The van der Waals surface area contributed by atoms with Crippen LogP contribution in [-0.4, -0.2) is 14.1 Å². The fraction of sp³-hybridized carbons (Fsp3) is 0.222. The molecule has 0 aliphatic heterocycles. The molecule has 0 radical (unpaired) electrons. The number of thiophene rings is 1. The lowest BCUT2D eigenvalue weighted by molar-refractivity contribution is 0.698. The molecule has 1 aromatic heterocycles. The Bertz CT molecular complexity index is 713. The van der Waals surface area contributed by atoms with Crippen LogP contribution in [0.4, 0.5) is 5.69 Å². The summed E-state index contributed by atoms with van der Waals surface area (Å²) in [5, 5.41) is 7.17. The standard InChI is InChI=1S/C18H20N2S/c1-20(2)16-9-7-14(8-10-16)11-19-12-15-13-21-18-6-4-3-5-17(15)18/h3-10,13,19H,11-12H2,1-2H3. The molecule has 3 rings (SSSR count). The van der Waals surface area contributed by atoms with Crippen LogP contribution in [0.2, 0.25) is 0 Å². The Morgan fingerprint density at radius 2 is 1.71 bits per heavy atom. The van der Waals surface area contributed by atoms with E-state index in [2.05, 4.69) is 78.2 Å². The summed E-state index contributed by atoms with van der Waals surface area (Å²) in [5.74, 6) is 0. The first-order valence-electron chi connectivity index (χ1n) is 7.16. The maximum absolute atomic E-state index is 3.54. The molecular weight excluding hydrogens is 276 g/mol. The van der Waals surface area contributed by atoms with Gasteiger partial charge in [0.25, 0.3) is 0 Å². The van der Waals surface area contributed by atoms with Gasteiger partial charge in [0.1, 0.15) is 0 Å². The SMILES string of the molecule is CN(C)c1ccc(CNCc2csc3ccccc23)cc1. The number of benzene rings is 2. The third-order valence-electron chi connectivity index (χ3n) is 3.66. The number of hydrogen-bond donors (Lipinski definition) is 1. The van der Waals surface area contributed by atoms with E-state index < -0.39 is 0 Å². The zero-order chi connectivity index (χ0) is 14.7. The van der Waals surface area contributed by atoms with Gasteiger partial charge in [-0.1, -0.05) is 30.3 Å². The molecule has 0 fully saturated rings. The minimum atomic E-state index is 0.901. The van der Waals surface area contributed by atoms with Crippen LogP contribution in [-0.2, 0) is 13.1 Å². The Hall–Kier alpha value is -1.84. The molecule has 0 unspecified atom stereocenters. The zero-order valence-corrected chi connectivity index (χ0v) is 13.3. The number of nitrogens with zero attached hydrogens (tertiary/aromatic N) is 1. The number of fused-ring (bicyclic) bond motifs is 1. The molecule has 3 heteroatoms. The van der Waals surface area contributed by atoms with Gasteiger partial charge in [0.05, 0.1) is 0 Å². The van der Waals surface area contributed by atoms with Crippen molar-refractivity contribution in [2.75, 3.05) is 19.0 Å². The lowest BCUT2D eigenvalue weighted by Gasteiger charge is -2.12. The first-order valence-corrected chi connectivity index (χ1v) is 8.04. The van der Waals surface area contributed by atoms with E-state index in [-0.39, 0.29) is 0 Å². The minimum absolute atomic E-state index is 0.901. The molecular formula is C18H20N2S. The van der Waals surface area contributed by atoms with Gasteiger partial charge >= 0.3 is 0 Å². The molecule has 21 heavy (non-hydrogen) atoms. The average Bonchev–Trinajstić information content (AvgIpc) is 2.91. The molecule has 0 saturated heterocycles. The summed E-state index contributed by atoms with van der Waals surface area (Å²) < 4.78 is 1.37. The van der Waals surface area contributed by atoms with Crippen molar-refractivity contribution in [3.63, 3.8) is 0 Å². The predicted octanol–water partition coefficient (Wildman–Crippen LogP) is 4.26. The average molecular weight is 296 g/mol. The molecule has 0 spiro atoms. The van der Waals surface area contributed by atoms with Crippen molar-refractivity contribution in [2.24, 2.45) is 0 Å². The van der Waals surface area contributed by atoms with Crippen molar-refractivity contribution < 1.29 is 0 Å². The zero-order valence-electron chi connectivity index (χ0n) is 12.5. The van der Waals surface area contributed by atoms with Gasteiger partial charge < -0.3 is 10.2 Å². The second-order valence-electron chi connectivity index (χ2n) is 5.42. The molecule has 108 valence electrons. The van der Waals surface area contributed by atoms with Crippen molar-refractivity contribution in [2.45, 2.75) is 13.1 Å². The number of anilines is 1. The van der Waals surface area contributed by atoms with E-state index in [9.17, 15) is 0 Å². The maximum Gasteiger partial charge on any atom is 0.0361 e. The Balaban J connectivity index is 1.61. The lowest BCUT2D eigenvalue weighted by atomic mass is 10.1. The third-order valence-corrected chi connectivity index (χ3v) is 4.67. The van der Waals surface area contributed by atoms with Gasteiger partial charge in [-0.05, 0) is 40.1 Å². The molecule has 2 aromatic carbocycles. The Labute approximate surface area is 130 Å². The monoisotopic (exact) mass is 296 g/mol. The van der Waals surface area contributed by atoms with Crippen LogP contribution in [0.5, 0.6) is 0 Å². The summed E-state index contributed by atoms with van der Waals surface area (Å²) in [5.41, 5.74) is 3.95. The molecule has 0 aliphatic rings. The molecule has 1 N–H and O–H groups in total. The van der Waals surface area contributed by atoms with Crippen LogP contribution < -0.4 is 10.2 Å². The largest absolute Gasteiger partial charge is 0.378 e. The van der Waals surface area contributed by atoms with Crippen molar-refractivity contribution in [3.05, 3.63) is 65.0 Å². The number of rotatable bonds is 5. The van der Waals surface area contributed by atoms with Gasteiger partial charge in [0.15, 0.2) is 0 Å². The topological polar surface area (TPSA) is 15.3 Å². The second kappa shape index (κ2) is 6.29. The highest BCUT2D eigenvalue weighted by Gasteiger charge is 2.03. The molecule has 1 heterocycles. The lowest BCUT2D eigenvalue weighted by Crippen LogP contribution is -2.13. The molecule has 0 saturated carbocycles. The van der Waals surface area contributed by atoms with Gasteiger partial charge in [-0.15, -0.1) is 11.3 Å². The summed E-state index contributed by atoms with van der Waals surface area (Å²) in [6.07, 6.45) is 0. The summed E-state index contributed by atoms with van der Waals surface area (Å²) in [6.45, 7) is 1.82. The van der Waals surface area contributed by atoms with E-state index in [0.29, 0.717) is 0 Å². The quantitative estimate of drug-likeness (QED) is 0.757. The molecule has 0 bridgehead atoms. The van der Waals surface area contributed by atoms with Crippen molar-refractivity contribution in [1.29, 1.82) is 0 Å². The van der Waals surface area contributed by atoms with Gasteiger partial charge in [-0.3, -0.25) is 0 Å². The first-order chi connectivity index (χ1) is 10.2. The van der Waals surface area contributed by atoms with Crippen LogP contribution in [0.25, 0.3) is 10.1 Å². The summed E-state index contributed by atoms with van der Waals surface area (Å²) in [7, 11) is 4.13. The van der Waals surface area contributed by atoms with E-state index in [0.717, 1.165) is 13.1 Å². The normalized spacial score (nSPS) is 11.0. The molecule has 2 nitrogen and oxygen atoms in total. The molecule has 0 aliphatic carbocycles. The number of hydrogen-bond acceptors (Lipinski definition) is 3. The van der Waals surface area contributed by atoms with E-state index in [1.807, 2.05) is 11.3 Å². The van der Waals surface area contributed by atoms with Crippen molar-refractivity contribution in [3.8, 4) is 0 Å². The minimum Gasteiger partial charge on any atom is -0.378 e. The molecule has 0 amide bonds. The van der Waals surface area contributed by atoms with Crippen molar-refractivity contribution >= 4 is 27.1 Å². The van der Waals surface area contributed by atoms with E-state index in [1.54, 1.807) is 0 Å². The molecule has 3 aromatic rings. The Morgan fingerprint density at radius 3 is 2.48 bits per heavy atom. The Morgan fingerprint density at radius 1 is 0.952 bits per heavy atom. The van der Waals surface area contributed by atoms with Crippen molar-refractivity contribution in [1.82, 2.24) is 5.32 Å². The van der Waals surface area contributed by atoms with Crippen LogP contribution in [0.15, 0.2) is 53.9 Å². The highest BCUT2D eigenvalue weighted by molar-refractivity contribution is 7.17. The second-order valence-corrected chi connectivity index (χ2v) is 6.33. The van der Waals surface area contributed by atoms with Gasteiger partial charge in [0.2, 0.25) is 0 Å². The van der Waals surface area contributed by atoms with Crippen LogP contribution in [0.3, 0.4) is 0 Å². The van der Waals surface area contributed by atoms with E-state index in [1.165, 1.54) is 26.9 Å². The fourth-order valence-electron chi connectivity index (χ4n) is 2.42. The maximum atomic E-state index is 3.54. The highest BCUT2D eigenvalue weighted by atomic mass is 32.1. The third kappa shape index (κ3) is 3.26. The predicted molar refractivity (Wildman–Crippen MR) is 93.1 cm³/mol.